The Bertz CT molecular complexity index is 198. The smallest absolute Gasteiger partial charge is 0.125 e. The van der Waals surface area contributed by atoms with Crippen molar-refractivity contribution >= 4 is 9.47 Å². The van der Waals surface area contributed by atoms with Crippen LogP contribution in [0.15, 0.2) is 24.3 Å². The first-order chi connectivity index (χ1) is 4.34. The summed E-state index contributed by atoms with van der Waals surface area (Å²) in [6, 6.07) is 7.89. The van der Waals surface area contributed by atoms with Crippen LogP contribution in [0.2, 0.25) is 0 Å². The molecule has 0 aliphatic carbocycles. The van der Waals surface area contributed by atoms with Gasteiger partial charge in [0.1, 0.15) is 5.75 Å². The van der Waals surface area contributed by atoms with Gasteiger partial charge in [-0.1, -0.05) is 18.2 Å². The van der Waals surface area contributed by atoms with Crippen LogP contribution < -0.4 is 4.52 Å². The zero-order valence-corrected chi connectivity index (χ0v) is 6.45. The van der Waals surface area contributed by atoms with Crippen LogP contribution in [0, 0.1) is 6.92 Å². The lowest BCUT2D eigenvalue weighted by Crippen LogP contribution is -1.77. The van der Waals surface area contributed by atoms with Gasteiger partial charge in [-0.2, -0.15) is 0 Å². The molecule has 0 fully saturated rings. The van der Waals surface area contributed by atoms with Gasteiger partial charge in [-0.25, -0.2) is 0 Å². The van der Waals surface area contributed by atoms with Gasteiger partial charge in [0.25, 0.3) is 0 Å². The molecule has 48 valence electrons. The number of benzene rings is 1. The molecule has 1 rings (SSSR count). The Morgan fingerprint density at radius 1 is 1.33 bits per heavy atom. The minimum absolute atomic E-state index is 0.919. The molecule has 1 nitrogen and oxygen atoms in total. The number of hydrogen-bond acceptors (Lipinski definition) is 1. The van der Waals surface area contributed by atoms with Gasteiger partial charge in [0.05, 0.1) is 9.47 Å². The third-order valence-electron chi connectivity index (χ3n) is 1.22. The van der Waals surface area contributed by atoms with Crippen LogP contribution in [0.25, 0.3) is 0 Å². The Kier molecular flexibility index (Phi) is 2.07. The summed E-state index contributed by atoms with van der Waals surface area (Å²) < 4.78 is 4.96. The van der Waals surface area contributed by atoms with Gasteiger partial charge in [-0.15, -0.1) is 0 Å². The van der Waals surface area contributed by atoms with Crippen molar-refractivity contribution in [3.8, 4) is 5.75 Å². The Morgan fingerprint density at radius 2 is 2.00 bits per heavy atom. The highest BCUT2D eigenvalue weighted by Gasteiger charge is 1.91. The molecule has 1 unspecified atom stereocenters. The van der Waals surface area contributed by atoms with E-state index in [1.54, 1.807) is 0 Å². The quantitative estimate of drug-likeness (QED) is 0.543. The monoisotopic (exact) mass is 140 g/mol. The van der Waals surface area contributed by atoms with E-state index in [-0.39, 0.29) is 0 Å². The largest absolute Gasteiger partial charge is 0.480 e. The van der Waals surface area contributed by atoms with Crippen molar-refractivity contribution in [1.29, 1.82) is 0 Å². The van der Waals surface area contributed by atoms with Gasteiger partial charge in [-0.3, -0.25) is 0 Å². The summed E-state index contributed by atoms with van der Waals surface area (Å²) in [6.07, 6.45) is 0. The average Bonchev–Trinajstić information content (AvgIpc) is 1.89. The first kappa shape index (κ1) is 6.57. The predicted octanol–water partition coefficient (Wildman–Crippen LogP) is 2.16. The summed E-state index contributed by atoms with van der Waals surface area (Å²) in [7, 11) is 2.23. The van der Waals surface area contributed by atoms with Crippen molar-refractivity contribution in [1.82, 2.24) is 0 Å². The highest BCUT2D eigenvalue weighted by atomic mass is 31.0. The molecule has 0 radical (unpaired) electrons. The fraction of sp³-hybridized carbons (Fsp3) is 0.143. The van der Waals surface area contributed by atoms with Crippen LogP contribution in [0.3, 0.4) is 0 Å². The Balaban J connectivity index is 3.01. The van der Waals surface area contributed by atoms with E-state index >= 15 is 0 Å². The second-order valence-electron chi connectivity index (χ2n) is 1.88. The normalized spacial score (nSPS) is 9.11. The fourth-order valence-electron chi connectivity index (χ4n) is 0.689. The van der Waals surface area contributed by atoms with Crippen LogP contribution in [0.5, 0.6) is 5.75 Å². The van der Waals surface area contributed by atoms with E-state index in [0.717, 1.165) is 11.3 Å². The standard InChI is InChI=1S/C7H9OP/c1-6-4-2-3-5-7(6)8-9/h2-5H,9H2,1H3. The van der Waals surface area contributed by atoms with Crippen LogP contribution in [0.4, 0.5) is 0 Å². The van der Waals surface area contributed by atoms with Gasteiger partial charge >= 0.3 is 0 Å². The predicted molar refractivity (Wildman–Crippen MR) is 41.5 cm³/mol. The molecule has 0 bridgehead atoms. The molecule has 1 aromatic carbocycles. The minimum Gasteiger partial charge on any atom is -0.480 e. The molecule has 0 aromatic heterocycles. The molecule has 0 aliphatic heterocycles. The topological polar surface area (TPSA) is 9.23 Å². The van der Waals surface area contributed by atoms with Crippen molar-refractivity contribution in [3.05, 3.63) is 29.8 Å². The van der Waals surface area contributed by atoms with Crippen molar-refractivity contribution in [2.24, 2.45) is 0 Å². The molecule has 9 heavy (non-hydrogen) atoms. The van der Waals surface area contributed by atoms with Crippen molar-refractivity contribution in [3.63, 3.8) is 0 Å². The van der Waals surface area contributed by atoms with E-state index in [1.807, 2.05) is 31.2 Å². The highest BCUT2D eigenvalue weighted by Crippen LogP contribution is 2.17. The van der Waals surface area contributed by atoms with Gasteiger partial charge in [0.15, 0.2) is 0 Å². The van der Waals surface area contributed by atoms with E-state index in [1.165, 1.54) is 0 Å². The molecular formula is C7H9OP. The molecule has 1 aromatic rings. The van der Waals surface area contributed by atoms with Gasteiger partial charge in [0.2, 0.25) is 0 Å². The van der Waals surface area contributed by atoms with E-state index in [4.69, 9.17) is 4.52 Å². The summed E-state index contributed by atoms with van der Waals surface area (Å²) >= 11 is 0. The third kappa shape index (κ3) is 1.43. The summed E-state index contributed by atoms with van der Waals surface area (Å²) in [6.45, 7) is 2.01. The summed E-state index contributed by atoms with van der Waals surface area (Å²) in [5, 5.41) is 0. The molecule has 0 heterocycles. The molecular weight excluding hydrogens is 131 g/mol. The zero-order chi connectivity index (χ0) is 6.69. The molecule has 0 aliphatic rings. The number of rotatable bonds is 1. The zero-order valence-electron chi connectivity index (χ0n) is 5.29. The maximum Gasteiger partial charge on any atom is 0.125 e. The second-order valence-corrected chi connectivity index (χ2v) is 2.12. The van der Waals surface area contributed by atoms with Crippen molar-refractivity contribution in [2.45, 2.75) is 6.92 Å². The van der Waals surface area contributed by atoms with E-state index in [2.05, 4.69) is 9.47 Å². The van der Waals surface area contributed by atoms with Crippen molar-refractivity contribution in [2.75, 3.05) is 0 Å². The lowest BCUT2D eigenvalue weighted by Gasteiger charge is -2.00. The summed E-state index contributed by atoms with van der Waals surface area (Å²) in [5.74, 6) is 0.919. The Hall–Kier alpha value is -0.550. The molecule has 0 spiro atoms. The third-order valence-corrected chi connectivity index (χ3v) is 1.47. The summed E-state index contributed by atoms with van der Waals surface area (Å²) in [4.78, 5) is 0. The maximum atomic E-state index is 4.96. The number of para-hydroxylation sites is 1. The molecule has 0 saturated heterocycles. The Morgan fingerprint density at radius 3 is 2.44 bits per heavy atom. The van der Waals surface area contributed by atoms with Crippen LogP contribution >= 0.6 is 9.47 Å². The van der Waals surface area contributed by atoms with E-state index in [0.29, 0.717) is 0 Å². The average molecular weight is 140 g/mol. The molecule has 0 amide bonds. The first-order valence-corrected chi connectivity index (χ1v) is 3.24. The maximum absolute atomic E-state index is 4.96. The van der Waals surface area contributed by atoms with Gasteiger partial charge in [0, 0.05) is 0 Å². The van der Waals surface area contributed by atoms with Crippen LogP contribution in [-0.2, 0) is 0 Å². The van der Waals surface area contributed by atoms with Crippen LogP contribution in [0.1, 0.15) is 5.56 Å². The molecule has 1 atom stereocenters. The molecule has 2 heteroatoms. The number of hydrogen-bond donors (Lipinski definition) is 0. The molecule has 0 saturated carbocycles. The first-order valence-electron chi connectivity index (χ1n) is 2.77. The molecule has 0 N–H and O–H groups in total. The van der Waals surface area contributed by atoms with Gasteiger partial charge < -0.3 is 4.52 Å². The lowest BCUT2D eigenvalue weighted by atomic mass is 10.2. The Labute approximate surface area is 57.3 Å². The van der Waals surface area contributed by atoms with E-state index < -0.39 is 0 Å². The second kappa shape index (κ2) is 2.84. The van der Waals surface area contributed by atoms with Crippen LogP contribution in [-0.4, -0.2) is 0 Å². The van der Waals surface area contributed by atoms with Crippen molar-refractivity contribution < 1.29 is 4.52 Å². The van der Waals surface area contributed by atoms with Gasteiger partial charge in [-0.05, 0) is 18.6 Å². The lowest BCUT2D eigenvalue weighted by molar-refractivity contribution is 0.640. The minimum atomic E-state index is 0.919. The highest BCUT2D eigenvalue weighted by molar-refractivity contribution is 7.10. The SMILES string of the molecule is Cc1ccccc1OP. The number of aryl methyl sites for hydroxylation is 1. The fourth-order valence-corrected chi connectivity index (χ4v) is 0.953. The summed E-state index contributed by atoms with van der Waals surface area (Å²) in [5.41, 5.74) is 1.16. The van der Waals surface area contributed by atoms with E-state index in [9.17, 15) is 0 Å².